The van der Waals surface area contributed by atoms with E-state index in [0.29, 0.717) is 26.1 Å². The van der Waals surface area contributed by atoms with Gasteiger partial charge < -0.3 is 11.1 Å². The Morgan fingerprint density at radius 2 is 1.90 bits per heavy atom. The standard InChI is InChI=1S/C11H20F3N3O.2ClH/c1-10(2,15)9(18)16-5-8-3-4-17(6-8)7-11(12,13)14;;/h8H,3-7,15H2,1-2H3,(H,16,18);2*1H. The van der Waals surface area contributed by atoms with Crippen LogP contribution < -0.4 is 11.1 Å². The predicted molar refractivity (Wildman–Crippen MR) is 76.4 cm³/mol. The van der Waals surface area contributed by atoms with E-state index in [1.165, 1.54) is 4.90 Å². The first-order chi connectivity index (χ1) is 8.08. The number of halogens is 5. The van der Waals surface area contributed by atoms with Gasteiger partial charge in [-0.3, -0.25) is 9.69 Å². The Balaban J connectivity index is 0. The van der Waals surface area contributed by atoms with Gasteiger partial charge in [0, 0.05) is 13.1 Å². The maximum absolute atomic E-state index is 12.2. The van der Waals surface area contributed by atoms with Gasteiger partial charge in [-0.2, -0.15) is 13.2 Å². The number of carbonyl (C=O) groups is 1. The molecule has 0 aromatic rings. The first kappa shape index (κ1) is 22.0. The van der Waals surface area contributed by atoms with Crippen LogP contribution in [0.2, 0.25) is 0 Å². The fourth-order valence-electron chi connectivity index (χ4n) is 1.94. The average molecular weight is 340 g/mol. The summed E-state index contributed by atoms with van der Waals surface area (Å²) in [5, 5.41) is 2.68. The summed E-state index contributed by atoms with van der Waals surface area (Å²) in [5.41, 5.74) is 4.65. The fourth-order valence-corrected chi connectivity index (χ4v) is 1.94. The van der Waals surface area contributed by atoms with Gasteiger partial charge in [0.25, 0.3) is 0 Å². The molecule has 1 fully saturated rings. The van der Waals surface area contributed by atoms with Crippen LogP contribution >= 0.6 is 24.8 Å². The molecule has 0 radical (unpaired) electrons. The van der Waals surface area contributed by atoms with Gasteiger partial charge in [0.15, 0.2) is 0 Å². The van der Waals surface area contributed by atoms with Gasteiger partial charge in [-0.05, 0) is 32.7 Å². The van der Waals surface area contributed by atoms with Gasteiger partial charge >= 0.3 is 6.18 Å². The number of amides is 1. The van der Waals surface area contributed by atoms with Crippen molar-refractivity contribution in [1.29, 1.82) is 0 Å². The van der Waals surface area contributed by atoms with E-state index in [9.17, 15) is 18.0 Å². The lowest BCUT2D eigenvalue weighted by atomic mass is 10.1. The number of hydrogen-bond donors (Lipinski definition) is 2. The first-order valence-corrected chi connectivity index (χ1v) is 5.94. The molecule has 20 heavy (non-hydrogen) atoms. The van der Waals surface area contributed by atoms with E-state index in [0.717, 1.165) is 0 Å². The van der Waals surface area contributed by atoms with Gasteiger partial charge in [-0.25, -0.2) is 0 Å². The Morgan fingerprint density at radius 3 is 2.35 bits per heavy atom. The molecule has 3 N–H and O–H groups in total. The van der Waals surface area contributed by atoms with Gasteiger partial charge in [-0.15, -0.1) is 24.8 Å². The van der Waals surface area contributed by atoms with E-state index in [1.54, 1.807) is 13.8 Å². The monoisotopic (exact) mass is 339 g/mol. The maximum Gasteiger partial charge on any atom is 0.401 e. The molecule has 122 valence electrons. The van der Waals surface area contributed by atoms with Crippen molar-refractivity contribution in [2.24, 2.45) is 11.7 Å². The van der Waals surface area contributed by atoms with Crippen molar-refractivity contribution in [2.75, 3.05) is 26.2 Å². The van der Waals surface area contributed by atoms with Crippen molar-refractivity contribution >= 4 is 30.7 Å². The minimum absolute atomic E-state index is 0. The molecule has 9 heteroatoms. The number of hydrogen-bond acceptors (Lipinski definition) is 3. The van der Waals surface area contributed by atoms with Crippen LogP contribution in [0.15, 0.2) is 0 Å². The van der Waals surface area contributed by atoms with Gasteiger partial charge in [0.05, 0.1) is 12.1 Å². The Kier molecular flexibility index (Phi) is 9.11. The van der Waals surface area contributed by atoms with Crippen molar-refractivity contribution in [3.8, 4) is 0 Å². The van der Waals surface area contributed by atoms with Crippen LogP contribution in [0.25, 0.3) is 0 Å². The topological polar surface area (TPSA) is 58.4 Å². The van der Waals surface area contributed by atoms with Crippen molar-refractivity contribution < 1.29 is 18.0 Å². The van der Waals surface area contributed by atoms with E-state index < -0.39 is 18.3 Å². The molecule has 0 spiro atoms. The molecular formula is C11H22Cl2F3N3O. The summed E-state index contributed by atoms with van der Waals surface area (Å²) < 4.78 is 36.5. The van der Waals surface area contributed by atoms with Crippen LogP contribution in [0.4, 0.5) is 13.2 Å². The second kappa shape index (κ2) is 8.26. The summed E-state index contributed by atoms with van der Waals surface area (Å²) in [6.07, 6.45) is -3.49. The van der Waals surface area contributed by atoms with E-state index in [2.05, 4.69) is 5.32 Å². The molecule has 0 saturated carbocycles. The van der Waals surface area contributed by atoms with E-state index in [1.807, 2.05) is 0 Å². The van der Waals surface area contributed by atoms with E-state index in [-0.39, 0.29) is 36.6 Å². The minimum atomic E-state index is -4.16. The fraction of sp³-hybridized carbons (Fsp3) is 0.909. The summed E-state index contributed by atoms with van der Waals surface area (Å²) in [7, 11) is 0. The molecule has 0 aromatic carbocycles. The van der Waals surface area contributed by atoms with E-state index in [4.69, 9.17) is 5.73 Å². The SMILES string of the molecule is CC(C)(N)C(=O)NCC1CCN(CC(F)(F)F)C1.Cl.Cl. The number of carbonyl (C=O) groups excluding carboxylic acids is 1. The highest BCUT2D eigenvalue weighted by molar-refractivity contribution is 5.85. The number of alkyl halides is 3. The molecule has 1 aliphatic rings. The largest absolute Gasteiger partial charge is 0.401 e. The normalized spacial score (nSPS) is 20.0. The second-order valence-electron chi connectivity index (χ2n) is 5.44. The molecular weight excluding hydrogens is 318 g/mol. The highest BCUT2D eigenvalue weighted by Crippen LogP contribution is 2.22. The van der Waals surface area contributed by atoms with Crippen LogP contribution in [0, 0.1) is 5.92 Å². The van der Waals surface area contributed by atoms with Crippen LogP contribution in [0.3, 0.4) is 0 Å². The van der Waals surface area contributed by atoms with Crippen molar-refractivity contribution in [1.82, 2.24) is 10.2 Å². The lowest BCUT2D eigenvalue weighted by Gasteiger charge is -2.20. The van der Waals surface area contributed by atoms with Crippen LogP contribution in [-0.2, 0) is 4.79 Å². The molecule has 1 heterocycles. The maximum atomic E-state index is 12.2. The van der Waals surface area contributed by atoms with Crippen LogP contribution in [0.1, 0.15) is 20.3 Å². The predicted octanol–water partition coefficient (Wildman–Crippen LogP) is 1.57. The molecule has 1 rings (SSSR count). The Morgan fingerprint density at radius 1 is 1.35 bits per heavy atom. The molecule has 1 unspecified atom stereocenters. The zero-order valence-electron chi connectivity index (χ0n) is 11.5. The molecule has 4 nitrogen and oxygen atoms in total. The number of rotatable bonds is 4. The van der Waals surface area contributed by atoms with E-state index >= 15 is 0 Å². The summed E-state index contributed by atoms with van der Waals surface area (Å²) in [6.45, 7) is 3.48. The summed E-state index contributed by atoms with van der Waals surface area (Å²) >= 11 is 0. The molecule has 1 amide bonds. The number of nitrogens with two attached hydrogens (primary N) is 1. The number of likely N-dealkylation sites (tertiary alicyclic amines) is 1. The molecule has 1 saturated heterocycles. The Labute approximate surface area is 129 Å². The molecule has 1 aliphatic heterocycles. The third-order valence-electron chi connectivity index (χ3n) is 2.91. The summed E-state index contributed by atoms with van der Waals surface area (Å²) in [5.74, 6) is -0.213. The minimum Gasteiger partial charge on any atom is -0.354 e. The first-order valence-electron chi connectivity index (χ1n) is 5.94. The lowest BCUT2D eigenvalue weighted by Crippen LogP contribution is -2.50. The van der Waals surface area contributed by atoms with Crippen LogP contribution in [0.5, 0.6) is 0 Å². The molecule has 0 aromatic heterocycles. The highest BCUT2D eigenvalue weighted by Gasteiger charge is 2.34. The van der Waals surface area contributed by atoms with Crippen molar-refractivity contribution in [2.45, 2.75) is 32.0 Å². The summed E-state index contributed by atoms with van der Waals surface area (Å²) in [4.78, 5) is 12.9. The zero-order chi connectivity index (χ0) is 14.0. The van der Waals surface area contributed by atoms with Crippen LogP contribution in [-0.4, -0.2) is 48.7 Å². The number of nitrogens with zero attached hydrogens (tertiary/aromatic N) is 1. The second-order valence-corrected chi connectivity index (χ2v) is 5.44. The average Bonchev–Trinajstić information content (AvgIpc) is 2.57. The van der Waals surface area contributed by atoms with Gasteiger partial charge in [0.2, 0.25) is 5.91 Å². The Hall–Kier alpha value is -0.240. The third kappa shape index (κ3) is 8.14. The Bertz CT molecular complexity index is 308. The lowest BCUT2D eigenvalue weighted by molar-refractivity contribution is -0.143. The highest BCUT2D eigenvalue weighted by atomic mass is 35.5. The van der Waals surface area contributed by atoms with Crippen molar-refractivity contribution in [3.63, 3.8) is 0 Å². The summed E-state index contributed by atoms with van der Waals surface area (Å²) in [6, 6.07) is 0. The van der Waals surface area contributed by atoms with Gasteiger partial charge in [-0.1, -0.05) is 0 Å². The molecule has 1 atom stereocenters. The smallest absolute Gasteiger partial charge is 0.354 e. The quantitative estimate of drug-likeness (QED) is 0.817. The third-order valence-corrected chi connectivity index (χ3v) is 2.91. The molecule has 0 bridgehead atoms. The van der Waals surface area contributed by atoms with Gasteiger partial charge in [0.1, 0.15) is 0 Å². The number of nitrogens with one attached hydrogen (secondary N) is 1. The zero-order valence-corrected chi connectivity index (χ0v) is 13.1. The van der Waals surface area contributed by atoms with Crippen molar-refractivity contribution in [3.05, 3.63) is 0 Å². The molecule has 0 aliphatic carbocycles.